The standard InChI is InChI=1S/C28H25BrN2O5S/c1-35-23-14-19(15-24-27(33)31(28(34)37-24)16-25(32)30-10-4-5-11-30)13-22(29)26(23)36-17-18-8-9-20-6-2-3-7-21(20)12-18/h2-3,6-9,12-15H,4-5,10-11,16-17H2,1H3/b24-15+. The number of amides is 3. The van der Waals surface area contributed by atoms with Crippen LogP contribution in [-0.4, -0.2) is 53.6 Å². The maximum Gasteiger partial charge on any atom is 0.294 e. The molecule has 0 atom stereocenters. The van der Waals surface area contributed by atoms with Crippen molar-refractivity contribution in [1.82, 2.24) is 9.80 Å². The predicted molar refractivity (Wildman–Crippen MR) is 147 cm³/mol. The summed E-state index contributed by atoms with van der Waals surface area (Å²) in [6.07, 6.45) is 3.53. The molecule has 2 heterocycles. The molecular weight excluding hydrogens is 556 g/mol. The molecule has 0 radical (unpaired) electrons. The lowest BCUT2D eigenvalue weighted by molar-refractivity contribution is -0.135. The molecule has 37 heavy (non-hydrogen) atoms. The first-order valence-corrected chi connectivity index (χ1v) is 13.5. The van der Waals surface area contributed by atoms with Crippen LogP contribution in [0.2, 0.25) is 0 Å². The van der Waals surface area contributed by atoms with E-state index in [4.69, 9.17) is 9.47 Å². The molecule has 0 bridgehead atoms. The zero-order valence-corrected chi connectivity index (χ0v) is 22.6. The Morgan fingerprint density at radius 3 is 2.57 bits per heavy atom. The van der Waals surface area contributed by atoms with Gasteiger partial charge in [-0.3, -0.25) is 19.3 Å². The second-order valence-electron chi connectivity index (χ2n) is 8.86. The van der Waals surface area contributed by atoms with E-state index in [1.54, 1.807) is 24.2 Å². The van der Waals surface area contributed by atoms with Gasteiger partial charge in [0.2, 0.25) is 5.91 Å². The number of carbonyl (C=O) groups excluding carboxylic acids is 3. The van der Waals surface area contributed by atoms with Crippen molar-refractivity contribution in [2.45, 2.75) is 19.4 Å². The molecule has 2 saturated heterocycles. The number of methoxy groups -OCH3 is 1. The molecule has 2 fully saturated rings. The van der Waals surface area contributed by atoms with E-state index in [0.29, 0.717) is 41.2 Å². The van der Waals surface area contributed by atoms with Gasteiger partial charge in [-0.2, -0.15) is 0 Å². The number of nitrogens with zero attached hydrogens (tertiary/aromatic N) is 2. The molecule has 3 aromatic carbocycles. The Labute approximate surface area is 227 Å². The van der Waals surface area contributed by atoms with E-state index in [1.165, 1.54) is 5.39 Å². The molecule has 9 heteroatoms. The summed E-state index contributed by atoms with van der Waals surface area (Å²) in [6.45, 7) is 1.47. The Hall–Kier alpha value is -3.30. The fourth-order valence-corrected chi connectivity index (χ4v) is 5.85. The van der Waals surface area contributed by atoms with Gasteiger partial charge in [-0.1, -0.05) is 36.4 Å². The molecule has 3 amide bonds. The number of fused-ring (bicyclic) bond motifs is 1. The number of hydrogen-bond acceptors (Lipinski definition) is 6. The maximum absolute atomic E-state index is 12.9. The summed E-state index contributed by atoms with van der Waals surface area (Å²) in [4.78, 5) is 40.8. The smallest absolute Gasteiger partial charge is 0.294 e. The molecule has 2 aliphatic rings. The summed E-state index contributed by atoms with van der Waals surface area (Å²) in [7, 11) is 1.55. The molecule has 0 aromatic heterocycles. The first kappa shape index (κ1) is 25.4. The number of halogens is 1. The summed E-state index contributed by atoms with van der Waals surface area (Å²) >= 11 is 4.39. The van der Waals surface area contributed by atoms with Crippen LogP contribution < -0.4 is 9.47 Å². The molecule has 190 valence electrons. The van der Waals surface area contributed by atoms with Crippen LogP contribution in [0.5, 0.6) is 11.5 Å². The highest BCUT2D eigenvalue weighted by atomic mass is 79.9. The molecule has 5 rings (SSSR count). The van der Waals surface area contributed by atoms with Gasteiger partial charge in [0.25, 0.3) is 11.1 Å². The van der Waals surface area contributed by atoms with E-state index in [-0.39, 0.29) is 17.4 Å². The Kier molecular flexibility index (Phi) is 7.53. The Balaban J connectivity index is 1.31. The summed E-state index contributed by atoms with van der Waals surface area (Å²) in [5.74, 6) is 0.370. The molecule has 7 nitrogen and oxygen atoms in total. The van der Waals surface area contributed by atoms with Crippen LogP contribution in [0, 0.1) is 0 Å². The number of hydrogen-bond donors (Lipinski definition) is 0. The lowest BCUT2D eigenvalue weighted by Gasteiger charge is -2.18. The highest BCUT2D eigenvalue weighted by Gasteiger charge is 2.37. The van der Waals surface area contributed by atoms with Crippen LogP contribution in [0.25, 0.3) is 16.8 Å². The van der Waals surface area contributed by atoms with E-state index in [9.17, 15) is 14.4 Å². The van der Waals surface area contributed by atoms with Gasteiger partial charge in [0.05, 0.1) is 16.5 Å². The quantitative estimate of drug-likeness (QED) is 0.326. The van der Waals surface area contributed by atoms with Gasteiger partial charge in [-0.05, 0) is 86.7 Å². The molecular formula is C28H25BrN2O5S. The number of ether oxygens (including phenoxy) is 2. The molecule has 0 spiro atoms. The van der Waals surface area contributed by atoms with Gasteiger partial charge < -0.3 is 14.4 Å². The second-order valence-corrected chi connectivity index (χ2v) is 10.7. The number of imide groups is 1. The summed E-state index contributed by atoms with van der Waals surface area (Å²) in [5, 5.41) is 1.87. The van der Waals surface area contributed by atoms with Crippen LogP contribution >= 0.6 is 27.7 Å². The highest BCUT2D eigenvalue weighted by molar-refractivity contribution is 9.10. The van der Waals surface area contributed by atoms with Crippen molar-refractivity contribution < 1.29 is 23.9 Å². The Morgan fingerprint density at radius 2 is 1.81 bits per heavy atom. The minimum absolute atomic E-state index is 0.196. The van der Waals surface area contributed by atoms with Crippen molar-refractivity contribution in [3.63, 3.8) is 0 Å². The monoisotopic (exact) mass is 580 g/mol. The highest BCUT2D eigenvalue weighted by Crippen LogP contribution is 2.39. The van der Waals surface area contributed by atoms with Crippen molar-refractivity contribution in [2.24, 2.45) is 0 Å². The summed E-state index contributed by atoms with van der Waals surface area (Å²) < 4.78 is 12.3. The maximum atomic E-state index is 12.9. The number of benzene rings is 3. The number of rotatable bonds is 7. The third kappa shape index (κ3) is 5.52. The van der Waals surface area contributed by atoms with E-state index in [1.807, 2.05) is 24.3 Å². The first-order chi connectivity index (χ1) is 17.9. The van der Waals surface area contributed by atoms with Gasteiger partial charge in [-0.15, -0.1) is 0 Å². The van der Waals surface area contributed by atoms with Crippen LogP contribution in [0.1, 0.15) is 24.0 Å². The van der Waals surface area contributed by atoms with Crippen LogP contribution in [0.3, 0.4) is 0 Å². The molecule has 0 aliphatic carbocycles. The lowest BCUT2D eigenvalue weighted by Crippen LogP contribution is -2.40. The fourth-order valence-electron chi connectivity index (χ4n) is 4.44. The van der Waals surface area contributed by atoms with Gasteiger partial charge >= 0.3 is 0 Å². The molecule has 2 aliphatic heterocycles. The average molecular weight is 581 g/mol. The predicted octanol–water partition coefficient (Wildman–Crippen LogP) is 5.85. The second kappa shape index (κ2) is 11.0. The third-order valence-electron chi connectivity index (χ3n) is 6.37. The first-order valence-electron chi connectivity index (χ1n) is 11.9. The fraction of sp³-hybridized carbons (Fsp3) is 0.250. The molecule has 0 unspecified atom stereocenters. The summed E-state index contributed by atoms with van der Waals surface area (Å²) in [5.41, 5.74) is 1.69. The van der Waals surface area contributed by atoms with Crippen LogP contribution in [0.4, 0.5) is 4.79 Å². The minimum atomic E-state index is -0.464. The third-order valence-corrected chi connectivity index (χ3v) is 7.87. The normalized spacial score (nSPS) is 16.8. The Bertz CT molecular complexity index is 1420. The zero-order chi connectivity index (χ0) is 25.9. The topological polar surface area (TPSA) is 76.2 Å². The average Bonchev–Trinajstić information content (AvgIpc) is 3.53. The van der Waals surface area contributed by atoms with E-state index in [2.05, 4.69) is 40.2 Å². The van der Waals surface area contributed by atoms with Gasteiger partial charge in [0, 0.05) is 13.1 Å². The molecule has 3 aromatic rings. The van der Waals surface area contributed by atoms with E-state index < -0.39 is 11.1 Å². The van der Waals surface area contributed by atoms with Crippen LogP contribution in [0.15, 0.2) is 64.0 Å². The number of likely N-dealkylation sites (tertiary alicyclic amines) is 1. The number of thioether (sulfide) groups is 1. The van der Waals surface area contributed by atoms with Crippen molar-refractivity contribution in [1.29, 1.82) is 0 Å². The van der Waals surface area contributed by atoms with Gasteiger partial charge in [0.15, 0.2) is 11.5 Å². The lowest BCUT2D eigenvalue weighted by atomic mass is 10.1. The molecule has 0 N–H and O–H groups in total. The molecule has 0 saturated carbocycles. The summed E-state index contributed by atoms with van der Waals surface area (Å²) in [6, 6.07) is 17.9. The van der Waals surface area contributed by atoms with E-state index >= 15 is 0 Å². The van der Waals surface area contributed by atoms with Crippen molar-refractivity contribution in [3.05, 3.63) is 75.1 Å². The van der Waals surface area contributed by atoms with Crippen molar-refractivity contribution in [2.75, 3.05) is 26.7 Å². The number of carbonyl (C=O) groups is 3. The van der Waals surface area contributed by atoms with Crippen molar-refractivity contribution in [3.8, 4) is 11.5 Å². The van der Waals surface area contributed by atoms with E-state index in [0.717, 1.165) is 40.5 Å². The van der Waals surface area contributed by atoms with Gasteiger partial charge in [-0.25, -0.2) is 0 Å². The van der Waals surface area contributed by atoms with Crippen molar-refractivity contribution >= 4 is 61.6 Å². The van der Waals surface area contributed by atoms with Crippen LogP contribution in [-0.2, 0) is 16.2 Å². The Morgan fingerprint density at radius 1 is 1.05 bits per heavy atom. The van der Waals surface area contributed by atoms with Gasteiger partial charge in [0.1, 0.15) is 13.2 Å². The minimum Gasteiger partial charge on any atom is -0.493 e. The largest absolute Gasteiger partial charge is 0.493 e. The SMILES string of the molecule is COc1cc(/C=C2/SC(=O)N(CC(=O)N3CCCC3)C2=O)cc(Br)c1OCc1ccc2ccccc2c1. The zero-order valence-electron chi connectivity index (χ0n) is 20.2.